The van der Waals surface area contributed by atoms with Crippen molar-refractivity contribution in [2.75, 3.05) is 5.73 Å². The third-order valence-electron chi connectivity index (χ3n) is 7.79. The van der Waals surface area contributed by atoms with Gasteiger partial charge in [-0.05, 0) is 103 Å². The summed E-state index contributed by atoms with van der Waals surface area (Å²) in [6.45, 7) is 0. The van der Waals surface area contributed by atoms with Gasteiger partial charge in [-0.2, -0.15) is 0 Å². The number of halogens is 3. The molecule has 42 heavy (non-hydrogen) atoms. The van der Waals surface area contributed by atoms with Crippen LogP contribution in [0.4, 0.5) is 5.69 Å². The summed E-state index contributed by atoms with van der Waals surface area (Å²) in [6.07, 6.45) is 0. The zero-order valence-electron chi connectivity index (χ0n) is 22.4. The molecule has 0 aliphatic rings. The van der Waals surface area contributed by atoms with E-state index in [1.54, 1.807) is 0 Å². The average molecular weight is 690 g/mol. The molecule has 1 nitrogen and oxygen atoms in total. The summed E-state index contributed by atoms with van der Waals surface area (Å²) in [4.78, 5) is 0. The van der Waals surface area contributed by atoms with E-state index in [0.717, 1.165) is 52.7 Å². The molecule has 0 atom stereocenters. The maximum absolute atomic E-state index is 6.94. The predicted octanol–water partition coefficient (Wildman–Crippen LogP) is 12.4. The molecule has 7 rings (SSSR count). The highest BCUT2D eigenvalue weighted by Crippen LogP contribution is 2.44. The zero-order chi connectivity index (χ0) is 28.8. The third-order valence-corrected chi connectivity index (χ3v) is 9.32. The minimum atomic E-state index is 0.632. The molecule has 0 saturated heterocycles. The molecule has 202 valence electrons. The van der Waals surface area contributed by atoms with Gasteiger partial charge in [0.25, 0.3) is 0 Å². The van der Waals surface area contributed by atoms with E-state index in [0.29, 0.717) is 10.7 Å². The predicted molar refractivity (Wildman–Crippen MR) is 188 cm³/mol. The summed E-state index contributed by atoms with van der Waals surface area (Å²) >= 11 is 14.4. The zero-order valence-corrected chi connectivity index (χ0v) is 26.3. The molecular weight excluding hydrogens is 666 g/mol. The van der Waals surface area contributed by atoms with Gasteiger partial charge in [-0.15, -0.1) is 0 Å². The fourth-order valence-electron chi connectivity index (χ4n) is 5.64. The lowest BCUT2D eigenvalue weighted by Gasteiger charge is -2.17. The number of anilines is 1. The fraction of sp³-hybridized carbons (Fsp3) is 0. The smallest absolute Gasteiger partial charge is 0.0475 e. The van der Waals surface area contributed by atoms with Crippen LogP contribution < -0.4 is 5.73 Å². The molecule has 0 aliphatic heterocycles. The Labute approximate surface area is 266 Å². The topological polar surface area (TPSA) is 26.0 Å². The minimum Gasteiger partial charge on any atom is -0.398 e. The number of hydrogen-bond acceptors (Lipinski definition) is 1. The van der Waals surface area contributed by atoms with Crippen LogP contribution in [-0.4, -0.2) is 0 Å². The van der Waals surface area contributed by atoms with Gasteiger partial charge in [-0.25, -0.2) is 0 Å². The number of nitrogens with two attached hydrogens (primary N) is 1. The molecule has 7 aromatic rings. The maximum atomic E-state index is 6.94. The molecule has 0 spiro atoms. The summed E-state index contributed by atoms with van der Waals surface area (Å²) in [6, 6.07) is 46.5. The lowest BCUT2D eigenvalue weighted by atomic mass is 9.92. The Morgan fingerprint density at radius 2 is 0.833 bits per heavy atom. The van der Waals surface area contributed by atoms with Crippen molar-refractivity contribution in [3.8, 4) is 44.5 Å². The second-order valence-corrected chi connectivity index (χ2v) is 12.6. The first-order valence-corrected chi connectivity index (χ1v) is 15.6. The summed E-state index contributed by atoms with van der Waals surface area (Å²) in [5, 5.41) is 5.21. The van der Waals surface area contributed by atoms with Gasteiger partial charge < -0.3 is 5.73 Å². The first kappa shape index (κ1) is 27.0. The van der Waals surface area contributed by atoms with Crippen LogP contribution in [0.2, 0.25) is 5.02 Å². The highest BCUT2D eigenvalue weighted by atomic mass is 79.9. The van der Waals surface area contributed by atoms with Crippen molar-refractivity contribution in [1.82, 2.24) is 0 Å². The van der Waals surface area contributed by atoms with Crippen molar-refractivity contribution >= 4 is 70.7 Å². The first-order chi connectivity index (χ1) is 20.4. The van der Waals surface area contributed by atoms with Crippen LogP contribution in [0.25, 0.3) is 66.1 Å². The van der Waals surface area contributed by atoms with Gasteiger partial charge in [0.1, 0.15) is 0 Å². The van der Waals surface area contributed by atoms with Crippen LogP contribution in [0, 0.1) is 0 Å². The van der Waals surface area contributed by atoms with Crippen LogP contribution in [0.15, 0.2) is 142 Å². The molecule has 0 radical (unpaired) electrons. The standard InChI is InChI=1S/C38H24Br2ClN/c39-36-19-29-15-25(23-7-3-1-4-8-23)11-13-27(29)17-32(36)34-21-31(41)22-35(38(34)42)33-18-28-14-12-26(16-30(28)20-37(33)40)24-9-5-2-6-10-24/h1-22H,42H2. The number of nitrogen functional groups attached to an aromatic ring is 1. The fourth-order valence-corrected chi connectivity index (χ4v) is 7.00. The third kappa shape index (κ3) is 5.03. The molecule has 0 aliphatic carbocycles. The molecule has 0 unspecified atom stereocenters. The van der Waals surface area contributed by atoms with E-state index in [1.165, 1.54) is 22.3 Å². The van der Waals surface area contributed by atoms with E-state index < -0.39 is 0 Å². The maximum Gasteiger partial charge on any atom is 0.0475 e. The number of fused-ring (bicyclic) bond motifs is 2. The summed E-state index contributed by atoms with van der Waals surface area (Å²) in [5.41, 5.74) is 16.2. The van der Waals surface area contributed by atoms with Crippen LogP contribution in [0.5, 0.6) is 0 Å². The van der Waals surface area contributed by atoms with Crippen molar-refractivity contribution in [2.45, 2.75) is 0 Å². The van der Waals surface area contributed by atoms with Crippen molar-refractivity contribution in [2.24, 2.45) is 0 Å². The Balaban J connectivity index is 1.32. The second-order valence-electron chi connectivity index (χ2n) is 10.4. The lowest BCUT2D eigenvalue weighted by Crippen LogP contribution is -1.96. The normalized spacial score (nSPS) is 11.3. The minimum absolute atomic E-state index is 0.632. The van der Waals surface area contributed by atoms with Crippen molar-refractivity contribution in [3.63, 3.8) is 0 Å². The van der Waals surface area contributed by atoms with Gasteiger partial charge in [0.2, 0.25) is 0 Å². The molecule has 2 N–H and O–H groups in total. The van der Waals surface area contributed by atoms with E-state index in [9.17, 15) is 0 Å². The monoisotopic (exact) mass is 687 g/mol. The van der Waals surface area contributed by atoms with Gasteiger partial charge >= 0.3 is 0 Å². The lowest BCUT2D eigenvalue weighted by molar-refractivity contribution is 1.57. The number of benzene rings is 7. The van der Waals surface area contributed by atoms with Gasteiger partial charge in [0, 0.05) is 30.8 Å². The molecule has 0 bridgehead atoms. The van der Waals surface area contributed by atoms with Crippen molar-refractivity contribution in [1.29, 1.82) is 0 Å². The SMILES string of the molecule is Nc1c(-c2cc3ccc(-c4ccccc4)cc3cc2Br)cc(Cl)cc1-c1cc2ccc(-c3ccccc3)cc2cc1Br. The van der Waals surface area contributed by atoms with Crippen LogP contribution in [0.1, 0.15) is 0 Å². The molecule has 4 heteroatoms. The molecule has 7 aromatic carbocycles. The van der Waals surface area contributed by atoms with Crippen LogP contribution in [0.3, 0.4) is 0 Å². The van der Waals surface area contributed by atoms with Gasteiger partial charge in [0.05, 0.1) is 0 Å². The van der Waals surface area contributed by atoms with E-state index >= 15 is 0 Å². The Morgan fingerprint density at radius 3 is 1.26 bits per heavy atom. The molecule has 0 saturated carbocycles. The molecular formula is C38H24Br2ClN. The van der Waals surface area contributed by atoms with Crippen molar-refractivity contribution in [3.05, 3.63) is 147 Å². The van der Waals surface area contributed by atoms with Crippen LogP contribution in [-0.2, 0) is 0 Å². The van der Waals surface area contributed by atoms with E-state index in [-0.39, 0.29) is 0 Å². The average Bonchev–Trinajstić information content (AvgIpc) is 3.02. The van der Waals surface area contributed by atoms with Crippen LogP contribution >= 0.6 is 43.5 Å². The molecule has 0 amide bonds. The van der Waals surface area contributed by atoms with E-state index in [1.807, 2.05) is 24.3 Å². The van der Waals surface area contributed by atoms with E-state index in [4.69, 9.17) is 17.3 Å². The highest BCUT2D eigenvalue weighted by Gasteiger charge is 2.17. The van der Waals surface area contributed by atoms with E-state index in [2.05, 4.69) is 141 Å². The molecule has 0 aromatic heterocycles. The highest BCUT2D eigenvalue weighted by molar-refractivity contribution is 9.11. The molecule has 0 fully saturated rings. The van der Waals surface area contributed by atoms with Gasteiger partial charge in [-0.3, -0.25) is 0 Å². The van der Waals surface area contributed by atoms with Gasteiger partial charge in [-0.1, -0.05) is 128 Å². The summed E-state index contributed by atoms with van der Waals surface area (Å²) < 4.78 is 1.93. The summed E-state index contributed by atoms with van der Waals surface area (Å²) in [7, 11) is 0. The van der Waals surface area contributed by atoms with Gasteiger partial charge in [0.15, 0.2) is 0 Å². The second kappa shape index (κ2) is 11.1. The number of hydrogen-bond donors (Lipinski definition) is 1. The first-order valence-electron chi connectivity index (χ1n) is 13.6. The Morgan fingerprint density at radius 1 is 0.405 bits per heavy atom. The Kier molecular flexibility index (Phi) is 7.11. The summed E-state index contributed by atoms with van der Waals surface area (Å²) in [5.74, 6) is 0. The molecule has 0 heterocycles. The number of rotatable bonds is 4. The Hall–Kier alpha value is -3.89. The largest absolute Gasteiger partial charge is 0.398 e. The van der Waals surface area contributed by atoms with Crippen molar-refractivity contribution < 1.29 is 0 Å². The quantitative estimate of drug-likeness (QED) is 0.183. The Bertz CT molecular complexity index is 1970.